The van der Waals surface area contributed by atoms with E-state index in [4.69, 9.17) is 37.4 Å². The summed E-state index contributed by atoms with van der Waals surface area (Å²) in [5.74, 6) is 0.561. The van der Waals surface area contributed by atoms with E-state index in [0.29, 0.717) is 52.3 Å². The second-order valence-electron chi connectivity index (χ2n) is 8.60. The third-order valence-electron chi connectivity index (χ3n) is 5.57. The maximum atomic E-state index is 12.7. The molecule has 2 amide bonds. The van der Waals surface area contributed by atoms with Crippen LogP contribution in [0, 0.1) is 0 Å². The van der Waals surface area contributed by atoms with Gasteiger partial charge in [0.25, 0.3) is 11.8 Å². The van der Waals surface area contributed by atoms with Gasteiger partial charge in [-0.05, 0) is 78.7 Å². The van der Waals surface area contributed by atoms with E-state index in [2.05, 4.69) is 15.8 Å². The van der Waals surface area contributed by atoms with Gasteiger partial charge in [0.15, 0.2) is 18.1 Å². The first-order chi connectivity index (χ1) is 19.9. The Bertz CT molecular complexity index is 1510. The number of hydrazone groups is 1. The highest BCUT2D eigenvalue weighted by Gasteiger charge is 2.12. The van der Waals surface area contributed by atoms with Gasteiger partial charge in [-0.2, -0.15) is 5.10 Å². The predicted molar refractivity (Wildman–Crippen MR) is 160 cm³/mol. The lowest BCUT2D eigenvalue weighted by molar-refractivity contribution is -0.118. The van der Waals surface area contributed by atoms with Crippen LogP contribution >= 0.6 is 23.2 Å². The van der Waals surface area contributed by atoms with Crippen LogP contribution in [0.2, 0.25) is 10.0 Å². The molecule has 0 saturated carbocycles. The Morgan fingerprint density at radius 3 is 2.32 bits per heavy atom. The second kappa shape index (κ2) is 14.7. The lowest BCUT2D eigenvalue weighted by Gasteiger charge is -2.13. The molecule has 0 aliphatic heterocycles. The molecule has 210 valence electrons. The smallest absolute Gasteiger partial charge is 0.271 e. The van der Waals surface area contributed by atoms with Crippen LogP contribution in [0.3, 0.4) is 0 Å². The van der Waals surface area contributed by atoms with E-state index in [-0.39, 0.29) is 17.5 Å². The molecule has 0 bridgehead atoms. The van der Waals surface area contributed by atoms with E-state index >= 15 is 0 Å². The summed E-state index contributed by atoms with van der Waals surface area (Å²) in [5, 5.41) is 7.58. The van der Waals surface area contributed by atoms with Gasteiger partial charge < -0.3 is 19.5 Å². The maximum absolute atomic E-state index is 12.7. The third-order valence-corrected chi connectivity index (χ3v) is 6.11. The van der Waals surface area contributed by atoms with Crippen molar-refractivity contribution in [3.63, 3.8) is 0 Å². The fourth-order valence-electron chi connectivity index (χ4n) is 3.59. The van der Waals surface area contributed by atoms with Gasteiger partial charge in [-0.3, -0.25) is 9.59 Å². The Hall–Kier alpha value is -4.53. The van der Waals surface area contributed by atoms with Crippen molar-refractivity contribution in [3.8, 4) is 17.2 Å². The summed E-state index contributed by atoms with van der Waals surface area (Å²) in [6.45, 7) is 2.42. The lowest BCUT2D eigenvalue weighted by Crippen LogP contribution is -2.20. The van der Waals surface area contributed by atoms with Gasteiger partial charge in [-0.15, -0.1) is 0 Å². The van der Waals surface area contributed by atoms with Crippen LogP contribution in [0.4, 0.5) is 5.69 Å². The van der Waals surface area contributed by atoms with Crippen molar-refractivity contribution in [1.29, 1.82) is 0 Å². The van der Waals surface area contributed by atoms with Crippen molar-refractivity contribution < 1.29 is 23.8 Å². The minimum atomic E-state index is -0.422. The van der Waals surface area contributed by atoms with Crippen LogP contribution < -0.4 is 25.0 Å². The van der Waals surface area contributed by atoms with Crippen molar-refractivity contribution in [2.75, 3.05) is 18.5 Å². The van der Waals surface area contributed by atoms with Crippen molar-refractivity contribution in [3.05, 3.63) is 118 Å². The van der Waals surface area contributed by atoms with Gasteiger partial charge in [0.05, 0.1) is 17.8 Å². The number of carbonyl (C=O) groups is 2. The molecule has 0 heterocycles. The van der Waals surface area contributed by atoms with Crippen LogP contribution in [0.5, 0.6) is 17.2 Å². The zero-order valence-corrected chi connectivity index (χ0v) is 23.6. The fourth-order valence-corrected chi connectivity index (χ4v) is 3.96. The zero-order valence-electron chi connectivity index (χ0n) is 22.1. The summed E-state index contributed by atoms with van der Waals surface area (Å²) in [7, 11) is 0. The molecule has 0 saturated heterocycles. The largest absolute Gasteiger partial charge is 0.490 e. The van der Waals surface area contributed by atoms with Gasteiger partial charge in [0, 0.05) is 16.3 Å². The monoisotopic (exact) mass is 591 g/mol. The highest BCUT2D eigenvalue weighted by atomic mass is 35.5. The molecule has 4 aromatic rings. The minimum Gasteiger partial charge on any atom is -0.490 e. The number of amides is 2. The minimum absolute atomic E-state index is 0.230. The third kappa shape index (κ3) is 8.99. The molecule has 41 heavy (non-hydrogen) atoms. The molecule has 2 N–H and O–H groups in total. The molecular formula is C31H27Cl2N3O5. The summed E-state index contributed by atoms with van der Waals surface area (Å²) in [4.78, 5) is 24.8. The molecule has 0 aliphatic carbocycles. The van der Waals surface area contributed by atoms with E-state index in [0.717, 1.165) is 5.56 Å². The van der Waals surface area contributed by atoms with Gasteiger partial charge in [-0.25, -0.2) is 5.43 Å². The van der Waals surface area contributed by atoms with E-state index < -0.39 is 5.91 Å². The molecular weight excluding hydrogens is 565 g/mol. The number of carbonyl (C=O) groups excluding carboxylic acids is 2. The first-order valence-electron chi connectivity index (χ1n) is 12.7. The number of hydrogen-bond acceptors (Lipinski definition) is 6. The van der Waals surface area contributed by atoms with Crippen LogP contribution in [-0.4, -0.2) is 31.2 Å². The SMILES string of the molecule is CCOc1cc(C(=O)N/N=C/c2ccc(OCC(=O)Nc3ccc(Cl)cc3)c(Cl)c2)ccc1OCc1ccccc1. The summed E-state index contributed by atoms with van der Waals surface area (Å²) >= 11 is 12.2. The van der Waals surface area contributed by atoms with Gasteiger partial charge >= 0.3 is 0 Å². The lowest BCUT2D eigenvalue weighted by atomic mass is 10.2. The topological polar surface area (TPSA) is 98.3 Å². The van der Waals surface area contributed by atoms with Crippen LogP contribution in [0.25, 0.3) is 0 Å². The highest BCUT2D eigenvalue weighted by Crippen LogP contribution is 2.29. The summed E-state index contributed by atoms with van der Waals surface area (Å²) in [6, 6.07) is 26.4. The molecule has 0 aliphatic rings. The average molecular weight is 592 g/mol. The number of benzene rings is 4. The second-order valence-corrected chi connectivity index (χ2v) is 9.45. The van der Waals surface area contributed by atoms with E-state index in [9.17, 15) is 9.59 Å². The number of hydrogen-bond donors (Lipinski definition) is 2. The average Bonchev–Trinajstić information content (AvgIpc) is 2.98. The molecule has 0 spiro atoms. The molecule has 0 aromatic heterocycles. The Kier molecular flexibility index (Phi) is 10.6. The molecule has 0 unspecified atom stereocenters. The van der Waals surface area contributed by atoms with Crippen LogP contribution in [-0.2, 0) is 11.4 Å². The molecule has 0 fully saturated rings. The molecule has 4 aromatic carbocycles. The Morgan fingerprint density at radius 1 is 0.829 bits per heavy atom. The normalized spacial score (nSPS) is 10.7. The van der Waals surface area contributed by atoms with E-state index in [1.807, 2.05) is 37.3 Å². The molecule has 4 rings (SSSR count). The summed E-state index contributed by atoms with van der Waals surface area (Å²) in [5.41, 5.74) is 5.09. The highest BCUT2D eigenvalue weighted by molar-refractivity contribution is 6.32. The maximum Gasteiger partial charge on any atom is 0.271 e. The Morgan fingerprint density at radius 2 is 1.59 bits per heavy atom. The number of ether oxygens (including phenoxy) is 3. The number of rotatable bonds is 12. The van der Waals surface area contributed by atoms with Crippen molar-refractivity contribution in [1.82, 2.24) is 5.43 Å². The van der Waals surface area contributed by atoms with Crippen molar-refractivity contribution in [2.24, 2.45) is 5.10 Å². The molecule has 8 nitrogen and oxygen atoms in total. The number of nitrogens with one attached hydrogen (secondary N) is 2. The van der Waals surface area contributed by atoms with Crippen LogP contribution in [0.15, 0.2) is 96.1 Å². The standard InChI is InChI=1S/C31H27Cl2N3O5/c1-2-39-29-17-23(9-15-28(29)40-19-21-6-4-3-5-7-21)31(38)36-34-18-22-8-14-27(26(33)16-22)41-20-30(37)35-25-12-10-24(32)11-13-25/h3-18H,2,19-20H2,1H3,(H,35,37)(H,36,38)/b34-18+. The molecule has 10 heteroatoms. The fraction of sp³-hybridized carbons (Fsp3) is 0.129. The van der Waals surface area contributed by atoms with Gasteiger partial charge in [-0.1, -0.05) is 53.5 Å². The number of anilines is 1. The van der Waals surface area contributed by atoms with Gasteiger partial charge in [0.2, 0.25) is 0 Å². The summed E-state index contributed by atoms with van der Waals surface area (Å²) in [6.07, 6.45) is 1.45. The first-order valence-corrected chi connectivity index (χ1v) is 13.4. The van der Waals surface area contributed by atoms with E-state index in [1.54, 1.807) is 60.7 Å². The van der Waals surface area contributed by atoms with Crippen molar-refractivity contribution >= 4 is 46.9 Å². The van der Waals surface area contributed by atoms with E-state index in [1.165, 1.54) is 6.21 Å². The number of nitrogens with zero attached hydrogens (tertiary/aromatic N) is 1. The van der Waals surface area contributed by atoms with Crippen molar-refractivity contribution in [2.45, 2.75) is 13.5 Å². The Labute approximate surface area is 247 Å². The van der Waals surface area contributed by atoms with Gasteiger partial charge in [0.1, 0.15) is 12.4 Å². The zero-order chi connectivity index (χ0) is 29.0. The first kappa shape index (κ1) is 29.5. The molecule has 0 radical (unpaired) electrons. The number of halogens is 2. The quantitative estimate of drug-likeness (QED) is 0.140. The predicted octanol–water partition coefficient (Wildman–Crippen LogP) is 6.75. The molecule has 0 atom stereocenters. The van der Waals surface area contributed by atoms with Crippen LogP contribution in [0.1, 0.15) is 28.4 Å². The summed E-state index contributed by atoms with van der Waals surface area (Å²) < 4.78 is 17.1. The Balaban J connectivity index is 1.30.